The van der Waals surface area contributed by atoms with Crippen molar-refractivity contribution < 1.29 is 39.6 Å². The topological polar surface area (TPSA) is 57.7 Å². The van der Waals surface area contributed by atoms with Gasteiger partial charge in [0.1, 0.15) is 0 Å². The van der Waals surface area contributed by atoms with Gasteiger partial charge in [0.15, 0.2) is 0 Å². The van der Waals surface area contributed by atoms with Crippen LogP contribution in [0.1, 0.15) is 25.0 Å². The summed E-state index contributed by atoms with van der Waals surface area (Å²) in [5, 5.41) is 0. The normalized spacial score (nSPS) is 16.6. The van der Waals surface area contributed by atoms with Crippen molar-refractivity contribution >= 4 is 15.9 Å². The van der Waals surface area contributed by atoms with Gasteiger partial charge in [-0.3, -0.25) is 4.79 Å². The van der Waals surface area contributed by atoms with E-state index in [2.05, 4.69) is 0 Å². The number of amides is 1. The zero-order chi connectivity index (χ0) is 22.2. The second-order valence-corrected chi connectivity index (χ2v) is 8.63. The van der Waals surface area contributed by atoms with Gasteiger partial charge < -0.3 is 4.90 Å². The quantitative estimate of drug-likeness (QED) is 0.530. The predicted octanol–water partition coefficient (Wildman–Crippen LogP) is 3.52. The number of benzene rings is 1. The van der Waals surface area contributed by atoms with Crippen LogP contribution in [-0.4, -0.2) is 49.7 Å². The molecule has 0 aromatic heterocycles. The van der Waals surface area contributed by atoms with Gasteiger partial charge in [-0.05, 0) is 32.0 Å². The van der Waals surface area contributed by atoms with Gasteiger partial charge in [-0.2, -0.15) is 30.6 Å². The van der Waals surface area contributed by atoms with Crippen LogP contribution in [0.2, 0.25) is 0 Å². The number of piperazine rings is 1. The van der Waals surface area contributed by atoms with Crippen molar-refractivity contribution in [2.45, 2.75) is 31.1 Å². The monoisotopic (exact) mass is 444 g/mol. The van der Waals surface area contributed by atoms with Crippen molar-refractivity contribution in [3.05, 3.63) is 41.0 Å². The smallest absolute Gasteiger partial charge is 0.337 e. The maximum Gasteiger partial charge on any atom is 0.416 e. The van der Waals surface area contributed by atoms with Crippen LogP contribution in [0.25, 0.3) is 0 Å². The zero-order valence-electron chi connectivity index (χ0n) is 15.4. The third kappa shape index (κ3) is 5.50. The summed E-state index contributed by atoms with van der Waals surface area (Å²) >= 11 is 0. The van der Waals surface area contributed by atoms with Crippen molar-refractivity contribution in [3.8, 4) is 0 Å². The Morgan fingerprint density at radius 2 is 1.34 bits per heavy atom. The summed E-state index contributed by atoms with van der Waals surface area (Å²) in [7, 11) is -4.62. The van der Waals surface area contributed by atoms with E-state index in [4.69, 9.17) is 0 Å². The largest absolute Gasteiger partial charge is 0.416 e. The van der Waals surface area contributed by atoms with Gasteiger partial charge in [-0.25, -0.2) is 8.42 Å². The Bertz CT molecular complexity index is 878. The van der Waals surface area contributed by atoms with E-state index in [0.29, 0.717) is 0 Å². The first-order valence-corrected chi connectivity index (χ1v) is 9.80. The van der Waals surface area contributed by atoms with Crippen molar-refractivity contribution in [2.24, 2.45) is 0 Å². The average molecular weight is 444 g/mol. The molecule has 1 heterocycles. The Labute approximate surface area is 163 Å². The van der Waals surface area contributed by atoms with Crippen LogP contribution in [-0.2, 0) is 27.2 Å². The van der Waals surface area contributed by atoms with Crippen molar-refractivity contribution in [1.82, 2.24) is 9.21 Å². The van der Waals surface area contributed by atoms with E-state index in [-0.39, 0.29) is 50.3 Å². The van der Waals surface area contributed by atoms with E-state index in [9.17, 15) is 39.6 Å². The molecule has 0 aliphatic carbocycles. The van der Waals surface area contributed by atoms with Crippen LogP contribution in [0, 0.1) is 0 Å². The number of sulfonamides is 1. The molecule has 0 atom stereocenters. The maximum atomic E-state index is 13.0. The lowest BCUT2D eigenvalue weighted by molar-refractivity contribution is -0.143. The minimum Gasteiger partial charge on any atom is -0.337 e. The number of hydrogen-bond acceptors (Lipinski definition) is 3. The highest BCUT2D eigenvalue weighted by Crippen LogP contribution is 2.37. The van der Waals surface area contributed by atoms with E-state index in [1.807, 2.05) is 0 Å². The Balaban J connectivity index is 2.34. The molecular formula is C17H18F6N2O3S. The van der Waals surface area contributed by atoms with Gasteiger partial charge in [0.05, 0.1) is 16.0 Å². The molecule has 0 unspecified atom stereocenters. The number of rotatable bonds is 3. The number of hydrogen-bond donors (Lipinski definition) is 0. The maximum absolute atomic E-state index is 13.0. The molecule has 0 N–H and O–H groups in total. The number of carbonyl (C=O) groups excluding carboxylic acids is 1. The molecule has 1 aromatic carbocycles. The molecule has 0 saturated carbocycles. The molecule has 162 valence electrons. The first-order valence-electron chi connectivity index (χ1n) is 8.36. The molecule has 1 amide bonds. The Morgan fingerprint density at radius 1 is 0.897 bits per heavy atom. The van der Waals surface area contributed by atoms with E-state index in [1.165, 1.54) is 11.0 Å². The van der Waals surface area contributed by atoms with E-state index < -0.39 is 38.4 Å². The molecule has 1 aliphatic rings. The van der Waals surface area contributed by atoms with Gasteiger partial charge in [0.2, 0.25) is 15.9 Å². The fourth-order valence-corrected chi connectivity index (χ4v) is 4.21. The minimum atomic E-state index is -5.15. The van der Waals surface area contributed by atoms with Crippen LogP contribution in [0.5, 0.6) is 0 Å². The lowest BCUT2D eigenvalue weighted by Crippen LogP contribution is -2.50. The number of alkyl halides is 6. The molecule has 2 rings (SSSR count). The van der Waals surface area contributed by atoms with Crippen LogP contribution < -0.4 is 0 Å². The molecule has 29 heavy (non-hydrogen) atoms. The highest BCUT2D eigenvalue weighted by molar-refractivity contribution is 7.89. The van der Waals surface area contributed by atoms with Crippen molar-refractivity contribution in [2.75, 3.05) is 26.2 Å². The molecule has 0 radical (unpaired) electrons. The molecule has 1 aromatic rings. The SMILES string of the molecule is CC(C)=CC(=O)N1CCN(S(=O)(=O)c2cc(C(F)(F)F)cc(C(F)(F)F)c2)CC1. The average Bonchev–Trinajstić information content (AvgIpc) is 2.59. The third-order valence-corrected chi connectivity index (χ3v) is 6.04. The highest BCUT2D eigenvalue weighted by atomic mass is 32.2. The highest BCUT2D eigenvalue weighted by Gasteiger charge is 2.39. The number of halogens is 6. The van der Waals surface area contributed by atoms with Gasteiger partial charge in [-0.1, -0.05) is 5.57 Å². The second-order valence-electron chi connectivity index (χ2n) is 6.69. The second kappa shape index (κ2) is 7.98. The fraction of sp³-hybridized carbons (Fsp3) is 0.471. The lowest BCUT2D eigenvalue weighted by Gasteiger charge is -2.33. The summed E-state index contributed by atoms with van der Waals surface area (Å²) in [5.74, 6) is -0.347. The molecule has 12 heteroatoms. The lowest BCUT2D eigenvalue weighted by atomic mass is 10.1. The minimum absolute atomic E-state index is 0.0348. The van der Waals surface area contributed by atoms with Crippen molar-refractivity contribution in [1.29, 1.82) is 0 Å². The number of allylic oxidation sites excluding steroid dienone is 1. The molecule has 5 nitrogen and oxygen atoms in total. The molecule has 0 bridgehead atoms. The van der Waals surface area contributed by atoms with Crippen molar-refractivity contribution in [3.63, 3.8) is 0 Å². The van der Waals surface area contributed by atoms with Gasteiger partial charge in [0.25, 0.3) is 0 Å². The summed E-state index contributed by atoms with van der Waals surface area (Å²) in [4.78, 5) is 12.2. The Morgan fingerprint density at radius 3 is 1.72 bits per heavy atom. The molecular weight excluding hydrogens is 426 g/mol. The van der Waals surface area contributed by atoms with Gasteiger partial charge >= 0.3 is 12.4 Å². The third-order valence-electron chi connectivity index (χ3n) is 4.16. The van der Waals surface area contributed by atoms with E-state index in [0.717, 1.165) is 9.88 Å². The molecule has 1 saturated heterocycles. The number of carbonyl (C=O) groups is 1. The van der Waals surface area contributed by atoms with Crippen LogP contribution in [0.4, 0.5) is 26.3 Å². The standard InChI is InChI=1S/C17H18F6N2O3S/c1-11(2)7-15(26)24-3-5-25(6-4-24)29(27,28)14-9-12(16(18,19)20)8-13(10-14)17(21,22)23/h7-10H,3-6H2,1-2H3. The fourth-order valence-electron chi connectivity index (χ4n) is 2.71. The summed E-state index contributed by atoms with van der Waals surface area (Å²) in [6, 6.07) is 0.242. The predicted molar refractivity (Wildman–Crippen MR) is 91.2 cm³/mol. The molecule has 0 spiro atoms. The van der Waals surface area contributed by atoms with E-state index >= 15 is 0 Å². The van der Waals surface area contributed by atoms with Crippen LogP contribution in [0.3, 0.4) is 0 Å². The van der Waals surface area contributed by atoms with E-state index in [1.54, 1.807) is 13.8 Å². The summed E-state index contributed by atoms with van der Waals surface area (Å²) < 4.78 is 104. The zero-order valence-corrected chi connectivity index (χ0v) is 16.2. The summed E-state index contributed by atoms with van der Waals surface area (Å²) in [5.41, 5.74) is -2.68. The molecule has 1 aliphatic heterocycles. The molecule has 1 fully saturated rings. The van der Waals surface area contributed by atoms with Gasteiger partial charge in [-0.15, -0.1) is 0 Å². The number of nitrogens with zero attached hydrogens (tertiary/aromatic N) is 2. The Hall–Kier alpha value is -2.08. The first-order chi connectivity index (χ1) is 13.1. The Kier molecular flexibility index (Phi) is 6.38. The van der Waals surface area contributed by atoms with Gasteiger partial charge in [0, 0.05) is 32.3 Å². The van der Waals surface area contributed by atoms with Crippen LogP contribution in [0.15, 0.2) is 34.7 Å². The van der Waals surface area contributed by atoms with Crippen LogP contribution >= 0.6 is 0 Å². The summed E-state index contributed by atoms with van der Waals surface area (Å²) in [6.45, 7) is 2.83. The first kappa shape index (κ1) is 23.2. The summed E-state index contributed by atoms with van der Waals surface area (Å²) in [6.07, 6.45) is -8.95.